The molecule has 122 valence electrons. The number of ether oxygens (including phenoxy) is 1. The van der Waals surface area contributed by atoms with E-state index in [4.69, 9.17) is 4.74 Å². The third-order valence-corrected chi connectivity index (χ3v) is 4.13. The second-order valence-corrected chi connectivity index (χ2v) is 5.70. The summed E-state index contributed by atoms with van der Waals surface area (Å²) in [7, 11) is 1.64. The number of carbonyl (C=O) groups excluding carboxylic acids is 1. The number of carbonyl (C=O) groups is 1. The molecule has 3 aromatic carbocycles. The van der Waals surface area contributed by atoms with Crippen LogP contribution in [0.4, 0.5) is 5.69 Å². The number of fused-ring (bicyclic) bond motifs is 1. The molecule has 0 unspecified atom stereocenters. The number of phenols is 1. The Balaban J connectivity index is 1.83. The minimum Gasteiger partial charge on any atom is -0.506 e. The van der Waals surface area contributed by atoms with Crippen LogP contribution in [0.3, 0.4) is 0 Å². The molecule has 0 heterocycles. The minimum atomic E-state index is -0.337. The zero-order chi connectivity index (χ0) is 17.1. The van der Waals surface area contributed by atoms with E-state index >= 15 is 0 Å². The first-order chi connectivity index (χ1) is 11.6. The number of nitrogens with one attached hydrogen (secondary N) is 1. The Labute approximate surface area is 140 Å². The number of amides is 1. The van der Waals surface area contributed by atoms with Gasteiger partial charge in [0, 0.05) is 0 Å². The van der Waals surface area contributed by atoms with Crippen molar-refractivity contribution in [3.63, 3.8) is 0 Å². The summed E-state index contributed by atoms with van der Waals surface area (Å²) in [5.41, 5.74) is 1.33. The highest BCUT2D eigenvalue weighted by Gasteiger charge is 2.17. The van der Waals surface area contributed by atoms with Gasteiger partial charge in [-0.15, -0.1) is 0 Å². The average Bonchev–Trinajstić information content (AvgIpc) is 2.62. The number of anilines is 1. The molecular weight excluding hydrogens is 302 g/mol. The van der Waals surface area contributed by atoms with Crippen molar-refractivity contribution in [2.75, 3.05) is 12.4 Å². The standard InChI is InChI=1S/C20H19NO3/c1-13(20(23)21-18-5-3-4-6-19(18)22)14-7-8-16-12-17(24-2)10-9-15(16)11-14/h3-13,22H,1-2H3,(H,21,23)/t13-/m1/s1. The second-order valence-electron chi connectivity index (χ2n) is 5.70. The van der Waals surface area contributed by atoms with Crippen LogP contribution in [0.1, 0.15) is 18.4 Å². The van der Waals surface area contributed by atoms with Crippen molar-refractivity contribution >= 4 is 22.4 Å². The summed E-state index contributed by atoms with van der Waals surface area (Å²) >= 11 is 0. The normalized spacial score (nSPS) is 11.9. The fraction of sp³-hybridized carbons (Fsp3) is 0.150. The monoisotopic (exact) mass is 321 g/mol. The van der Waals surface area contributed by atoms with E-state index < -0.39 is 0 Å². The highest BCUT2D eigenvalue weighted by Crippen LogP contribution is 2.27. The van der Waals surface area contributed by atoms with Crippen LogP contribution in [0.2, 0.25) is 0 Å². The van der Waals surface area contributed by atoms with Crippen molar-refractivity contribution in [3.8, 4) is 11.5 Å². The van der Waals surface area contributed by atoms with Crippen LogP contribution in [0.25, 0.3) is 10.8 Å². The molecule has 0 saturated heterocycles. The van der Waals surface area contributed by atoms with E-state index in [1.54, 1.807) is 31.4 Å². The van der Waals surface area contributed by atoms with E-state index in [9.17, 15) is 9.90 Å². The number of hydrogen-bond donors (Lipinski definition) is 2. The summed E-state index contributed by atoms with van der Waals surface area (Å²) in [6.07, 6.45) is 0. The Morgan fingerprint density at radius 3 is 2.50 bits per heavy atom. The maximum atomic E-state index is 12.5. The van der Waals surface area contributed by atoms with Crippen LogP contribution >= 0.6 is 0 Å². The van der Waals surface area contributed by atoms with E-state index in [0.717, 1.165) is 22.1 Å². The van der Waals surface area contributed by atoms with Gasteiger partial charge in [0.1, 0.15) is 11.5 Å². The van der Waals surface area contributed by atoms with Gasteiger partial charge < -0.3 is 15.2 Å². The molecule has 3 aromatic rings. The number of methoxy groups -OCH3 is 1. The van der Waals surface area contributed by atoms with Gasteiger partial charge in [-0.05, 0) is 47.5 Å². The van der Waals surface area contributed by atoms with Gasteiger partial charge in [0.25, 0.3) is 0 Å². The topological polar surface area (TPSA) is 58.6 Å². The van der Waals surface area contributed by atoms with Crippen LogP contribution in [0.5, 0.6) is 11.5 Å². The van der Waals surface area contributed by atoms with Crippen molar-refractivity contribution in [2.45, 2.75) is 12.8 Å². The molecule has 0 aliphatic rings. The van der Waals surface area contributed by atoms with Crippen LogP contribution < -0.4 is 10.1 Å². The largest absolute Gasteiger partial charge is 0.506 e. The highest BCUT2D eigenvalue weighted by atomic mass is 16.5. The number of aromatic hydroxyl groups is 1. The maximum absolute atomic E-state index is 12.5. The predicted octanol–water partition coefficient (Wildman–Crippen LogP) is 4.30. The lowest BCUT2D eigenvalue weighted by Gasteiger charge is -2.14. The van der Waals surface area contributed by atoms with Gasteiger partial charge in [-0.2, -0.15) is 0 Å². The Morgan fingerprint density at radius 1 is 1.04 bits per heavy atom. The lowest BCUT2D eigenvalue weighted by atomic mass is 9.97. The van der Waals surface area contributed by atoms with Crippen molar-refractivity contribution in [1.82, 2.24) is 0 Å². The van der Waals surface area contributed by atoms with Gasteiger partial charge in [-0.1, -0.05) is 36.4 Å². The summed E-state index contributed by atoms with van der Waals surface area (Å²) in [4.78, 5) is 12.5. The number of phenolic OH excluding ortho intramolecular Hbond substituents is 1. The minimum absolute atomic E-state index is 0.0589. The van der Waals surface area contributed by atoms with Gasteiger partial charge in [-0.3, -0.25) is 4.79 Å². The fourth-order valence-corrected chi connectivity index (χ4v) is 2.61. The van der Waals surface area contributed by atoms with E-state index in [1.807, 2.05) is 43.3 Å². The lowest BCUT2D eigenvalue weighted by molar-refractivity contribution is -0.117. The Hall–Kier alpha value is -3.01. The Morgan fingerprint density at radius 2 is 1.75 bits per heavy atom. The first kappa shape index (κ1) is 15.9. The molecule has 0 radical (unpaired) electrons. The van der Waals surface area contributed by atoms with Crippen LogP contribution in [0.15, 0.2) is 60.7 Å². The predicted molar refractivity (Wildman–Crippen MR) is 95.7 cm³/mol. The molecule has 2 N–H and O–H groups in total. The zero-order valence-electron chi connectivity index (χ0n) is 13.6. The first-order valence-corrected chi connectivity index (χ1v) is 7.75. The van der Waals surface area contributed by atoms with Crippen molar-refractivity contribution < 1.29 is 14.6 Å². The third kappa shape index (κ3) is 3.18. The molecule has 0 aliphatic heterocycles. The molecule has 4 nitrogen and oxygen atoms in total. The maximum Gasteiger partial charge on any atom is 0.231 e. The zero-order valence-corrected chi connectivity index (χ0v) is 13.6. The number of hydrogen-bond acceptors (Lipinski definition) is 3. The van der Waals surface area contributed by atoms with Crippen molar-refractivity contribution in [2.24, 2.45) is 0 Å². The van der Waals surface area contributed by atoms with E-state index in [-0.39, 0.29) is 17.6 Å². The summed E-state index contributed by atoms with van der Waals surface area (Å²) in [6, 6.07) is 18.5. The molecule has 0 aliphatic carbocycles. The molecule has 0 fully saturated rings. The fourth-order valence-electron chi connectivity index (χ4n) is 2.61. The molecular formula is C20H19NO3. The van der Waals surface area contributed by atoms with Gasteiger partial charge >= 0.3 is 0 Å². The molecule has 3 rings (SSSR count). The molecule has 0 saturated carbocycles. The van der Waals surface area contributed by atoms with E-state index in [1.165, 1.54) is 0 Å². The van der Waals surface area contributed by atoms with Gasteiger partial charge in [0.2, 0.25) is 5.91 Å². The van der Waals surface area contributed by atoms with E-state index in [2.05, 4.69) is 5.32 Å². The van der Waals surface area contributed by atoms with Gasteiger partial charge in [0.05, 0.1) is 18.7 Å². The van der Waals surface area contributed by atoms with Crippen molar-refractivity contribution in [3.05, 3.63) is 66.2 Å². The quantitative estimate of drug-likeness (QED) is 0.705. The summed E-state index contributed by atoms with van der Waals surface area (Å²) in [5.74, 6) is 0.365. The Kier molecular flexibility index (Phi) is 4.38. The highest BCUT2D eigenvalue weighted by molar-refractivity contribution is 5.97. The molecule has 1 atom stereocenters. The average molecular weight is 321 g/mol. The van der Waals surface area contributed by atoms with Gasteiger partial charge in [-0.25, -0.2) is 0 Å². The van der Waals surface area contributed by atoms with Crippen LogP contribution in [-0.2, 0) is 4.79 Å². The number of para-hydroxylation sites is 2. The molecule has 0 aromatic heterocycles. The van der Waals surface area contributed by atoms with Gasteiger partial charge in [0.15, 0.2) is 0 Å². The second kappa shape index (κ2) is 6.62. The summed E-state index contributed by atoms with van der Waals surface area (Å²) < 4.78 is 5.23. The van der Waals surface area contributed by atoms with Crippen LogP contribution in [-0.4, -0.2) is 18.1 Å². The van der Waals surface area contributed by atoms with E-state index in [0.29, 0.717) is 5.69 Å². The first-order valence-electron chi connectivity index (χ1n) is 7.75. The molecule has 0 bridgehead atoms. The Bertz CT molecular complexity index is 889. The molecule has 24 heavy (non-hydrogen) atoms. The molecule has 0 spiro atoms. The molecule has 1 amide bonds. The smallest absolute Gasteiger partial charge is 0.231 e. The lowest BCUT2D eigenvalue weighted by Crippen LogP contribution is -2.18. The molecule has 4 heteroatoms. The number of rotatable bonds is 4. The summed E-state index contributed by atoms with van der Waals surface area (Å²) in [6.45, 7) is 1.85. The number of benzene rings is 3. The third-order valence-electron chi connectivity index (χ3n) is 4.13. The van der Waals surface area contributed by atoms with Crippen LogP contribution in [0, 0.1) is 0 Å². The van der Waals surface area contributed by atoms with Crippen molar-refractivity contribution in [1.29, 1.82) is 0 Å². The summed E-state index contributed by atoms with van der Waals surface area (Å²) in [5, 5.41) is 14.7. The SMILES string of the molecule is COc1ccc2cc([C@@H](C)C(=O)Nc3ccccc3O)ccc2c1.